The number of carbonyl (C=O) groups excluding carboxylic acids is 1. The molecule has 0 unspecified atom stereocenters. The Hall–Kier alpha value is -2.25. The van der Waals surface area contributed by atoms with E-state index in [1.807, 2.05) is 19.1 Å². The summed E-state index contributed by atoms with van der Waals surface area (Å²) < 4.78 is 41.3. The third-order valence-electron chi connectivity index (χ3n) is 6.01. The number of sulfonamides is 1. The molecule has 0 aromatic heterocycles. The van der Waals surface area contributed by atoms with Crippen LogP contribution in [0.4, 0.5) is 4.39 Å². The van der Waals surface area contributed by atoms with E-state index in [0.717, 1.165) is 11.1 Å². The summed E-state index contributed by atoms with van der Waals surface area (Å²) >= 11 is 0. The zero-order valence-electron chi connectivity index (χ0n) is 18.3. The normalized spacial score (nSPS) is 20.4. The largest absolute Gasteiger partial charge is 0.349 e. The van der Waals surface area contributed by atoms with E-state index >= 15 is 0 Å². The third kappa shape index (κ3) is 6.14. The van der Waals surface area contributed by atoms with E-state index in [1.54, 1.807) is 24.3 Å². The van der Waals surface area contributed by atoms with Crippen LogP contribution in [0.15, 0.2) is 53.4 Å². The van der Waals surface area contributed by atoms with Gasteiger partial charge in [0.05, 0.1) is 10.9 Å². The molecule has 2 aromatic carbocycles. The summed E-state index contributed by atoms with van der Waals surface area (Å²) in [6, 6.07) is 12.7. The molecule has 0 spiro atoms. The lowest BCUT2D eigenvalue weighted by Crippen LogP contribution is -2.41. The van der Waals surface area contributed by atoms with Gasteiger partial charge < -0.3 is 5.32 Å². The van der Waals surface area contributed by atoms with Crippen molar-refractivity contribution in [3.63, 3.8) is 0 Å². The second-order valence-electron chi connectivity index (χ2n) is 8.68. The van der Waals surface area contributed by atoms with Gasteiger partial charge in [-0.1, -0.05) is 38.1 Å². The Labute approximate surface area is 184 Å². The summed E-state index contributed by atoms with van der Waals surface area (Å²) in [4.78, 5) is 12.9. The molecule has 0 saturated heterocycles. The van der Waals surface area contributed by atoms with Crippen LogP contribution in [0.25, 0.3) is 0 Å². The number of benzene rings is 2. The van der Waals surface area contributed by atoms with Crippen molar-refractivity contribution in [3.8, 4) is 0 Å². The molecule has 1 amide bonds. The summed E-state index contributed by atoms with van der Waals surface area (Å²) in [7, 11) is -3.58. The highest BCUT2D eigenvalue weighted by Crippen LogP contribution is 2.27. The van der Waals surface area contributed by atoms with Crippen molar-refractivity contribution < 1.29 is 17.6 Å². The van der Waals surface area contributed by atoms with Crippen molar-refractivity contribution in [1.82, 2.24) is 10.0 Å². The summed E-state index contributed by atoms with van der Waals surface area (Å²) in [5, 5.41) is 2.99. The van der Waals surface area contributed by atoms with Gasteiger partial charge in [0.25, 0.3) is 0 Å². The number of amides is 1. The smallest absolute Gasteiger partial charge is 0.240 e. The minimum Gasteiger partial charge on any atom is -0.349 e. The van der Waals surface area contributed by atoms with Crippen LogP contribution in [0.1, 0.15) is 69.5 Å². The second-order valence-corrected chi connectivity index (χ2v) is 10.4. The van der Waals surface area contributed by atoms with Gasteiger partial charge in [-0.15, -0.1) is 0 Å². The van der Waals surface area contributed by atoms with Crippen molar-refractivity contribution in [2.24, 2.45) is 5.92 Å². The summed E-state index contributed by atoms with van der Waals surface area (Å²) in [6.07, 6.45) is 2.49. The van der Waals surface area contributed by atoms with Crippen LogP contribution < -0.4 is 10.0 Å². The Morgan fingerprint density at radius 1 is 0.903 bits per heavy atom. The molecule has 0 aliphatic heterocycles. The molecule has 2 N–H and O–H groups in total. The van der Waals surface area contributed by atoms with Gasteiger partial charge in [0.1, 0.15) is 5.82 Å². The van der Waals surface area contributed by atoms with Crippen LogP contribution in [0, 0.1) is 11.7 Å². The van der Waals surface area contributed by atoms with E-state index in [2.05, 4.69) is 23.9 Å². The van der Waals surface area contributed by atoms with E-state index in [-0.39, 0.29) is 34.6 Å². The van der Waals surface area contributed by atoms with Crippen molar-refractivity contribution in [2.75, 3.05) is 0 Å². The maximum Gasteiger partial charge on any atom is 0.240 e. The van der Waals surface area contributed by atoms with Crippen molar-refractivity contribution >= 4 is 15.9 Å². The van der Waals surface area contributed by atoms with Crippen molar-refractivity contribution in [3.05, 3.63) is 65.5 Å². The van der Waals surface area contributed by atoms with E-state index in [4.69, 9.17) is 0 Å². The molecule has 2 aromatic rings. The molecule has 1 aliphatic rings. The fourth-order valence-electron chi connectivity index (χ4n) is 3.96. The molecule has 0 heterocycles. The van der Waals surface area contributed by atoms with Gasteiger partial charge in [0.15, 0.2) is 0 Å². The number of rotatable bonds is 7. The number of nitrogens with one attached hydrogen (secondary N) is 2. The summed E-state index contributed by atoms with van der Waals surface area (Å²) in [6.45, 7) is 6.00. The first-order chi connectivity index (χ1) is 14.7. The molecule has 1 aliphatic carbocycles. The minimum atomic E-state index is -3.58. The molecule has 31 heavy (non-hydrogen) atoms. The van der Waals surface area contributed by atoms with E-state index in [0.29, 0.717) is 31.6 Å². The Morgan fingerprint density at radius 3 is 2.00 bits per heavy atom. The SMILES string of the molecule is CC(C)c1ccc(S(=O)(=O)N[C@H]2CC[C@H](C(=O)N[C@H](C)c3ccc(F)cc3)CC2)cc1. The maximum atomic E-state index is 13.1. The maximum absolute atomic E-state index is 13.1. The molecule has 168 valence electrons. The minimum absolute atomic E-state index is 0.0394. The third-order valence-corrected chi connectivity index (χ3v) is 7.54. The van der Waals surface area contributed by atoms with Gasteiger partial charge in [0.2, 0.25) is 15.9 Å². The molecule has 1 fully saturated rings. The number of carbonyl (C=O) groups is 1. The highest BCUT2D eigenvalue weighted by Gasteiger charge is 2.29. The first-order valence-electron chi connectivity index (χ1n) is 10.8. The monoisotopic (exact) mass is 446 g/mol. The number of hydrogen-bond acceptors (Lipinski definition) is 3. The van der Waals surface area contributed by atoms with Gasteiger partial charge in [-0.25, -0.2) is 17.5 Å². The molecular weight excluding hydrogens is 415 g/mol. The van der Waals surface area contributed by atoms with Gasteiger partial charge in [-0.2, -0.15) is 0 Å². The molecule has 5 nitrogen and oxygen atoms in total. The number of halogens is 1. The van der Waals surface area contributed by atoms with Crippen LogP contribution in [-0.4, -0.2) is 20.4 Å². The van der Waals surface area contributed by atoms with Gasteiger partial charge in [-0.3, -0.25) is 4.79 Å². The quantitative estimate of drug-likeness (QED) is 0.649. The lowest BCUT2D eigenvalue weighted by molar-refractivity contribution is -0.126. The van der Waals surface area contributed by atoms with Crippen LogP contribution in [-0.2, 0) is 14.8 Å². The highest BCUT2D eigenvalue weighted by molar-refractivity contribution is 7.89. The average molecular weight is 447 g/mol. The molecular formula is C24H31FN2O3S. The Morgan fingerprint density at radius 2 is 1.45 bits per heavy atom. The van der Waals surface area contributed by atoms with E-state index in [1.165, 1.54) is 12.1 Å². The molecule has 7 heteroatoms. The predicted molar refractivity (Wildman–Crippen MR) is 120 cm³/mol. The standard InChI is InChI=1S/C24H31FN2O3S/c1-16(2)18-8-14-23(15-9-18)31(29,30)27-22-12-6-20(7-13-22)24(28)26-17(3)19-4-10-21(25)11-5-19/h4-5,8-11,14-17,20,22,27H,6-7,12-13H2,1-3H3,(H,26,28)/t17-,20-,22-/m1/s1. The first-order valence-corrected chi connectivity index (χ1v) is 12.3. The molecule has 0 bridgehead atoms. The topological polar surface area (TPSA) is 75.3 Å². The van der Waals surface area contributed by atoms with E-state index < -0.39 is 10.0 Å². The molecule has 3 rings (SSSR count). The summed E-state index contributed by atoms with van der Waals surface area (Å²) in [5.41, 5.74) is 1.94. The molecule has 1 saturated carbocycles. The molecule has 0 radical (unpaired) electrons. The fourth-order valence-corrected chi connectivity index (χ4v) is 5.26. The number of hydrogen-bond donors (Lipinski definition) is 2. The van der Waals surface area contributed by atoms with Crippen molar-refractivity contribution in [1.29, 1.82) is 0 Å². The predicted octanol–water partition coefficient (Wildman–Crippen LogP) is 4.66. The molecule has 1 atom stereocenters. The lowest BCUT2D eigenvalue weighted by atomic mass is 9.85. The van der Waals surface area contributed by atoms with Crippen LogP contribution >= 0.6 is 0 Å². The fraction of sp³-hybridized carbons (Fsp3) is 0.458. The van der Waals surface area contributed by atoms with Crippen LogP contribution in [0.2, 0.25) is 0 Å². The Bertz CT molecular complexity index is 980. The zero-order chi connectivity index (χ0) is 22.6. The Balaban J connectivity index is 1.51. The highest BCUT2D eigenvalue weighted by atomic mass is 32.2. The van der Waals surface area contributed by atoms with Crippen LogP contribution in [0.3, 0.4) is 0 Å². The average Bonchev–Trinajstić information content (AvgIpc) is 2.74. The van der Waals surface area contributed by atoms with Gasteiger partial charge in [-0.05, 0) is 73.9 Å². The Kier molecular flexibility index (Phi) is 7.49. The summed E-state index contributed by atoms with van der Waals surface area (Å²) in [5.74, 6) is -0.146. The first kappa shape index (κ1) is 23.4. The van der Waals surface area contributed by atoms with Crippen LogP contribution in [0.5, 0.6) is 0 Å². The van der Waals surface area contributed by atoms with E-state index in [9.17, 15) is 17.6 Å². The lowest BCUT2D eigenvalue weighted by Gasteiger charge is -2.29. The van der Waals surface area contributed by atoms with Crippen molar-refractivity contribution in [2.45, 2.75) is 69.4 Å². The van der Waals surface area contributed by atoms with Gasteiger partial charge >= 0.3 is 0 Å². The zero-order valence-corrected chi connectivity index (χ0v) is 19.1. The second kappa shape index (κ2) is 9.92. The van der Waals surface area contributed by atoms with Gasteiger partial charge in [0, 0.05) is 12.0 Å².